The highest BCUT2D eigenvalue weighted by Crippen LogP contribution is 2.39. The second-order valence-corrected chi connectivity index (χ2v) is 7.36. The maximum absolute atomic E-state index is 6.34. The van der Waals surface area contributed by atoms with Gasteiger partial charge >= 0.3 is 7.12 Å². The van der Waals surface area contributed by atoms with E-state index in [4.69, 9.17) is 31.4 Å². The van der Waals surface area contributed by atoms with E-state index in [2.05, 4.69) is 5.32 Å². The minimum atomic E-state index is -0.443. The van der Waals surface area contributed by atoms with Crippen LogP contribution in [0.4, 0.5) is 5.69 Å². The van der Waals surface area contributed by atoms with Crippen molar-refractivity contribution in [3.63, 3.8) is 0 Å². The van der Waals surface area contributed by atoms with Crippen molar-refractivity contribution in [1.29, 1.82) is 0 Å². The first kappa shape index (κ1) is 19.1. The zero-order valence-electron chi connectivity index (χ0n) is 15.2. The minimum Gasteiger partial charge on any atom is -0.495 e. The summed E-state index contributed by atoms with van der Waals surface area (Å²) in [6, 6.07) is 3.51. The third kappa shape index (κ3) is 3.72. The maximum atomic E-state index is 6.34. The summed E-state index contributed by atoms with van der Waals surface area (Å²) in [5.41, 5.74) is 7.36. The Bertz CT molecular complexity index is 631. The molecule has 1 heterocycles. The number of nitrogen functional groups attached to an aromatic ring is 1. The van der Waals surface area contributed by atoms with Crippen LogP contribution in [0.3, 0.4) is 0 Å². The molecule has 1 saturated heterocycles. The molecular weight excluding hydrogens is 326 g/mol. The monoisotopic (exact) mass is 352 g/mol. The van der Waals surface area contributed by atoms with Gasteiger partial charge in [0, 0.05) is 6.54 Å². The first-order chi connectivity index (χ1) is 11.1. The average molecular weight is 353 g/mol. The van der Waals surface area contributed by atoms with E-state index in [1.165, 1.54) is 0 Å². The lowest BCUT2D eigenvalue weighted by atomic mass is 9.77. The van der Waals surface area contributed by atoms with Gasteiger partial charge in [-0.05, 0) is 57.9 Å². The minimum absolute atomic E-state index is 0.396. The van der Waals surface area contributed by atoms with Gasteiger partial charge in [-0.2, -0.15) is 0 Å². The Morgan fingerprint density at radius 3 is 2.38 bits per heavy atom. The fourth-order valence-corrected chi connectivity index (χ4v) is 2.70. The predicted octanol–water partition coefficient (Wildman–Crippen LogP) is 3.17. The van der Waals surface area contributed by atoms with Gasteiger partial charge in [0.15, 0.2) is 0 Å². The molecule has 1 fully saturated rings. The summed E-state index contributed by atoms with van der Waals surface area (Å²) in [6.45, 7) is 8.73. The van der Waals surface area contributed by atoms with Gasteiger partial charge in [-0.3, -0.25) is 0 Å². The van der Waals surface area contributed by atoms with Crippen LogP contribution >= 0.6 is 11.6 Å². The fourth-order valence-electron chi connectivity index (χ4n) is 2.47. The number of halogens is 1. The molecule has 0 spiro atoms. The van der Waals surface area contributed by atoms with Crippen LogP contribution < -0.4 is 15.8 Å². The molecular formula is C17H26BClN2O3. The van der Waals surface area contributed by atoms with E-state index in [1.807, 2.05) is 46.9 Å². The molecule has 24 heavy (non-hydrogen) atoms. The predicted molar refractivity (Wildman–Crippen MR) is 100 cm³/mol. The van der Waals surface area contributed by atoms with E-state index in [0.29, 0.717) is 23.0 Å². The molecule has 0 aliphatic carbocycles. The Morgan fingerprint density at radius 2 is 1.88 bits per heavy atom. The quantitative estimate of drug-likeness (QED) is 0.629. The molecule has 0 amide bonds. The summed E-state index contributed by atoms with van der Waals surface area (Å²) in [4.78, 5) is 0. The Kier molecular flexibility index (Phi) is 5.55. The van der Waals surface area contributed by atoms with Crippen molar-refractivity contribution in [1.82, 2.24) is 5.32 Å². The number of nitrogens with two attached hydrogens (primary N) is 1. The van der Waals surface area contributed by atoms with Crippen LogP contribution in [0.15, 0.2) is 17.6 Å². The second kappa shape index (κ2) is 6.96. The van der Waals surface area contributed by atoms with Gasteiger partial charge in [-0.25, -0.2) is 0 Å². The average Bonchev–Trinajstić information content (AvgIpc) is 2.69. The normalized spacial score (nSPS) is 19.6. The lowest BCUT2D eigenvalue weighted by Crippen LogP contribution is -2.41. The lowest BCUT2D eigenvalue weighted by Gasteiger charge is -2.32. The Morgan fingerprint density at radius 1 is 1.29 bits per heavy atom. The summed E-state index contributed by atoms with van der Waals surface area (Å²) >= 11 is 6.34. The highest BCUT2D eigenvalue weighted by atomic mass is 35.5. The summed E-state index contributed by atoms with van der Waals surface area (Å²) in [7, 11) is 3.02. The van der Waals surface area contributed by atoms with E-state index in [9.17, 15) is 0 Å². The first-order valence-electron chi connectivity index (χ1n) is 7.95. The van der Waals surface area contributed by atoms with Crippen LogP contribution in [-0.2, 0) is 9.31 Å². The van der Waals surface area contributed by atoms with Crippen molar-refractivity contribution in [3.05, 3.63) is 28.2 Å². The number of benzene rings is 1. The van der Waals surface area contributed by atoms with Crippen LogP contribution in [0.1, 0.15) is 33.3 Å². The Balaban J connectivity index is 2.40. The number of ether oxygens (including phenoxy) is 1. The maximum Gasteiger partial charge on any atom is 0.491 e. The van der Waals surface area contributed by atoms with Gasteiger partial charge < -0.3 is 25.1 Å². The van der Waals surface area contributed by atoms with Gasteiger partial charge in [0.1, 0.15) is 5.75 Å². The van der Waals surface area contributed by atoms with Crippen molar-refractivity contribution < 1.29 is 14.0 Å². The number of anilines is 1. The van der Waals surface area contributed by atoms with E-state index >= 15 is 0 Å². The molecule has 0 unspecified atom stereocenters. The number of rotatable bonds is 5. The molecule has 1 aromatic rings. The van der Waals surface area contributed by atoms with Gasteiger partial charge in [0.05, 0.1) is 29.0 Å². The van der Waals surface area contributed by atoms with Gasteiger partial charge in [0.2, 0.25) is 0 Å². The number of likely N-dealkylation sites (N-methyl/N-ethyl adjacent to an activating group) is 1. The molecule has 7 heteroatoms. The van der Waals surface area contributed by atoms with Crippen molar-refractivity contribution in [2.45, 2.75) is 38.9 Å². The Labute approximate surface area is 149 Å². The molecule has 0 saturated carbocycles. The van der Waals surface area contributed by atoms with Gasteiger partial charge in [0.25, 0.3) is 0 Å². The van der Waals surface area contributed by atoms with Crippen LogP contribution in [0.5, 0.6) is 5.75 Å². The van der Waals surface area contributed by atoms with E-state index < -0.39 is 18.3 Å². The smallest absolute Gasteiger partial charge is 0.491 e. The molecule has 5 nitrogen and oxygen atoms in total. The van der Waals surface area contributed by atoms with Gasteiger partial charge in [-0.1, -0.05) is 17.7 Å². The third-order valence-corrected chi connectivity index (χ3v) is 4.95. The van der Waals surface area contributed by atoms with Crippen LogP contribution in [0.2, 0.25) is 5.02 Å². The molecule has 1 aliphatic heterocycles. The van der Waals surface area contributed by atoms with E-state index in [1.54, 1.807) is 13.2 Å². The third-order valence-electron chi connectivity index (χ3n) is 4.63. The molecule has 0 radical (unpaired) electrons. The lowest BCUT2D eigenvalue weighted by molar-refractivity contribution is 0.00578. The molecule has 3 N–H and O–H groups in total. The van der Waals surface area contributed by atoms with Crippen molar-refractivity contribution >= 4 is 30.5 Å². The topological polar surface area (TPSA) is 65.7 Å². The highest BCUT2D eigenvalue weighted by molar-refractivity contribution is 6.56. The summed E-state index contributed by atoms with van der Waals surface area (Å²) in [6.07, 6.45) is 1.96. The van der Waals surface area contributed by atoms with Crippen molar-refractivity contribution in [3.8, 4) is 5.75 Å². The summed E-state index contributed by atoms with van der Waals surface area (Å²) in [5, 5.41) is 3.71. The standard InChI is InChI=1S/C17H26BClN2O3/c1-16(2)17(3,4)24-18(23-16)12(10-21-5)7-11-8-15(22-6)14(20)9-13(11)19/h7-9,21H,10,20H2,1-6H3. The summed E-state index contributed by atoms with van der Waals surface area (Å²) < 4.78 is 17.6. The van der Waals surface area contributed by atoms with Crippen molar-refractivity contribution in [2.75, 3.05) is 26.4 Å². The second-order valence-electron chi connectivity index (χ2n) is 6.95. The van der Waals surface area contributed by atoms with Crippen LogP contribution in [0.25, 0.3) is 6.08 Å². The van der Waals surface area contributed by atoms with E-state index in [0.717, 1.165) is 11.0 Å². The molecule has 1 aromatic carbocycles. The number of nitrogens with one attached hydrogen (secondary N) is 1. The molecule has 0 bridgehead atoms. The van der Waals surface area contributed by atoms with Gasteiger partial charge in [-0.15, -0.1) is 0 Å². The molecule has 1 aliphatic rings. The molecule has 132 valence electrons. The van der Waals surface area contributed by atoms with Crippen molar-refractivity contribution in [2.24, 2.45) is 0 Å². The van der Waals surface area contributed by atoms with E-state index in [-0.39, 0.29) is 0 Å². The largest absolute Gasteiger partial charge is 0.495 e. The Hall–Kier alpha value is -1.21. The number of methoxy groups -OCH3 is 1. The molecule has 2 rings (SSSR count). The SMILES string of the molecule is CNCC(=Cc1cc(OC)c(N)cc1Cl)B1OC(C)(C)C(C)(C)O1. The molecule has 0 atom stereocenters. The fraction of sp³-hybridized carbons (Fsp3) is 0.529. The highest BCUT2D eigenvalue weighted by Gasteiger charge is 2.52. The number of hydrogen-bond donors (Lipinski definition) is 2. The van der Waals surface area contributed by atoms with Crippen LogP contribution in [0, 0.1) is 0 Å². The van der Waals surface area contributed by atoms with Crippen LogP contribution in [-0.4, -0.2) is 39.0 Å². The zero-order chi connectivity index (χ0) is 18.1. The summed E-state index contributed by atoms with van der Waals surface area (Å²) in [5.74, 6) is 0.586. The zero-order valence-corrected chi connectivity index (χ0v) is 16.0. The molecule has 0 aromatic heterocycles. The number of hydrogen-bond acceptors (Lipinski definition) is 5. The first-order valence-corrected chi connectivity index (χ1v) is 8.33.